The van der Waals surface area contributed by atoms with Crippen molar-refractivity contribution in [2.45, 2.75) is 65.6 Å². The maximum atomic E-state index is 12.3. The van der Waals surface area contributed by atoms with Crippen molar-refractivity contribution in [2.75, 3.05) is 26.7 Å². The number of alkyl carbamates (subject to hydrolysis) is 1. The molecule has 31 heavy (non-hydrogen) atoms. The molecule has 1 aromatic heterocycles. The molecule has 0 radical (unpaired) electrons. The number of aromatic nitrogens is 1. The van der Waals surface area contributed by atoms with Crippen molar-refractivity contribution in [3.05, 3.63) is 17.5 Å². The Balaban J connectivity index is 1.72. The van der Waals surface area contributed by atoms with Crippen molar-refractivity contribution < 1.29 is 28.4 Å². The van der Waals surface area contributed by atoms with Gasteiger partial charge in [0.15, 0.2) is 18.1 Å². The zero-order valence-corrected chi connectivity index (χ0v) is 19.1. The summed E-state index contributed by atoms with van der Waals surface area (Å²) >= 11 is 0. The third kappa shape index (κ3) is 7.45. The lowest BCUT2D eigenvalue weighted by Gasteiger charge is -2.41. The second kappa shape index (κ2) is 10.5. The Morgan fingerprint density at radius 1 is 1.26 bits per heavy atom. The summed E-state index contributed by atoms with van der Waals surface area (Å²) in [5.41, 5.74) is -0.306. The minimum absolute atomic E-state index is 0.0686. The molecule has 10 heteroatoms. The van der Waals surface area contributed by atoms with E-state index in [4.69, 9.17) is 14.0 Å². The lowest BCUT2D eigenvalue weighted by molar-refractivity contribution is 0.00836. The van der Waals surface area contributed by atoms with Crippen LogP contribution in [-0.4, -0.2) is 60.4 Å². The summed E-state index contributed by atoms with van der Waals surface area (Å²) in [4.78, 5) is 37.4. The Bertz CT molecular complexity index is 762. The first-order chi connectivity index (χ1) is 14.6. The fourth-order valence-electron chi connectivity index (χ4n) is 3.50. The number of amides is 3. The Kier molecular flexibility index (Phi) is 8.29. The van der Waals surface area contributed by atoms with E-state index in [-0.39, 0.29) is 35.5 Å². The third-order valence-electron chi connectivity index (χ3n) is 5.51. The monoisotopic (exact) mass is 438 g/mol. The molecule has 1 aliphatic heterocycles. The number of likely N-dealkylation sites (tertiary alicyclic amines) is 1. The van der Waals surface area contributed by atoms with Crippen molar-refractivity contribution in [2.24, 2.45) is 5.41 Å². The molecule has 2 N–H and O–H groups in total. The molecule has 1 aliphatic rings. The van der Waals surface area contributed by atoms with E-state index in [0.717, 1.165) is 25.7 Å². The number of hydrogen-bond acceptors (Lipinski definition) is 7. The molecule has 3 amide bonds. The zero-order chi connectivity index (χ0) is 23.1. The first-order valence-electron chi connectivity index (χ1n) is 10.6. The molecule has 0 aliphatic carbocycles. The van der Waals surface area contributed by atoms with Gasteiger partial charge in [0, 0.05) is 32.7 Å². The number of piperidine rings is 1. The van der Waals surface area contributed by atoms with Crippen LogP contribution in [0.15, 0.2) is 10.6 Å². The van der Waals surface area contributed by atoms with E-state index in [1.165, 1.54) is 13.1 Å². The molecule has 0 atom stereocenters. The van der Waals surface area contributed by atoms with E-state index in [0.29, 0.717) is 19.6 Å². The van der Waals surface area contributed by atoms with E-state index < -0.39 is 11.7 Å². The molecule has 0 bridgehead atoms. The summed E-state index contributed by atoms with van der Waals surface area (Å²) in [6.45, 7) is 9.37. The van der Waals surface area contributed by atoms with Gasteiger partial charge in [0.25, 0.3) is 5.91 Å². The molecule has 2 heterocycles. The number of rotatable bonds is 7. The fraction of sp³-hybridized carbons (Fsp3) is 0.714. The minimum Gasteiger partial charge on any atom is -0.444 e. The topological polar surface area (TPSA) is 123 Å². The maximum absolute atomic E-state index is 12.3. The summed E-state index contributed by atoms with van der Waals surface area (Å²) in [6.07, 6.45) is 2.65. The number of nitrogens with zero attached hydrogens (tertiary/aromatic N) is 2. The first kappa shape index (κ1) is 24.5. The van der Waals surface area contributed by atoms with Crippen LogP contribution in [0.3, 0.4) is 0 Å². The summed E-state index contributed by atoms with van der Waals surface area (Å²) in [6, 6.07) is 1.43. The third-order valence-corrected chi connectivity index (χ3v) is 5.51. The minimum atomic E-state index is -0.560. The highest BCUT2D eigenvalue weighted by molar-refractivity contribution is 5.91. The smallest absolute Gasteiger partial charge is 0.410 e. The molecule has 1 aromatic rings. The van der Waals surface area contributed by atoms with Gasteiger partial charge in [-0.05, 0) is 45.4 Å². The van der Waals surface area contributed by atoms with Crippen LogP contribution in [0.5, 0.6) is 0 Å². The summed E-state index contributed by atoms with van der Waals surface area (Å²) in [5, 5.41) is 8.80. The molecule has 10 nitrogen and oxygen atoms in total. The predicted octanol–water partition coefficient (Wildman–Crippen LogP) is 3.08. The van der Waals surface area contributed by atoms with Crippen LogP contribution in [0.2, 0.25) is 0 Å². The van der Waals surface area contributed by atoms with Gasteiger partial charge in [-0.1, -0.05) is 18.5 Å². The second-order valence-electron chi connectivity index (χ2n) is 8.83. The van der Waals surface area contributed by atoms with Crippen LogP contribution in [0.4, 0.5) is 9.59 Å². The van der Waals surface area contributed by atoms with Crippen molar-refractivity contribution in [1.82, 2.24) is 20.7 Å². The van der Waals surface area contributed by atoms with Crippen LogP contribution < -0.4 is 10.6 Å². The van der Waals surface area contributed by atoms with E-state index in [1.807, 2.05) is 20.8 Å². The summed E-state index contributed by atoms with van der Waals surface area (Å²) in [7, 11) is 1.49. The van der Waals surface area contributed by atoms with E-state index >= 15 is 0 Å². The molecule has 0 unspecified atom stereocenters. The van der Waals surface area contributed by atoms with Crippen molar-refractivity contribution in [3.8, 4) is 0 Å². The Morgan fingerprint density at radius 2 is 1.94 bits per heavy atom. The van der Waals surface area contributed by atoms with Crippen LogP contribution in [0.1, 0.15) is 69.6 Å². The number of ether oxygens (including phenoxy) is 2. The van der Waals surface area contributed by atoms with Gasteiger partial charge in [0.1, 0.15) is 5.60 Å². The van der Waals surface area contributed by atoms with Gasteiger partial charge in [-0.3, -0.25) is 4.79 Å². The van der Waals surface area contributed by atoms with Gasteiger partial charge in [-0.25, -0.2) is 9.59 Å². The van der Waals surface area contributed by atoms with Gasteiger partial charge in [-0.2, -0.15) is 0 Å². The Labute approximate surface area is 183 Å². The van der Waals surface area contributed by atoms with Crippen molar-refractivity contribution >= 4 is 18.1 Å². The summed E-state index contributed by atoms with van der Waals surface area (Å²) < 4.78 is 15.5. The maximum Gasteiger partial charge on any atom is 0.410 e. The van der Waals surface area contributed by atoms with Gasteiger partial charge in [-0.15, -0.1) is 0 Å². The van der Waals surface area contributed by atoms with Crippen LogP contribution in [0.25, 0.3) is 0 Å². The first-order valence-corrected chi connectivity index (χ1v) is 10.6. The zero-order valence-electron chi connectivity index (χ0n) is 19.1. The predicted molar refractivity (Wildman–Crippen MR) is 112 cm³/mol. The molecule has 0 spiro atoms. The van der Waals surface area contributed by atoms with Gasteiger partial charge < -0.3 is 29.5 Å². The standard InChI is InChI=1S/C21H34N4O6/c1-6-21(8-11-25(12-9-21)19(28)30-20(2,3)4)7-10-23-18(27)29-14-15-13-16(24-31-15)17(26)22-5/h13H,6-12,14H2,1-5H3,(H,22,26)(H,23,27). The number of carbonyl (C=O) groups excluding carboxylic acids is 3. The van der Waals surface area contributed by atoms with E-state index in [2.05, 4.69) is 22.7 Å². The van der Waals surface area contributed by atoms with Crippen molar-refractivity contribution in [1.29, 1.82) is 0 Å². The molecule has 1 fully saturated rings. The molecular weight excluding hydrogens is 404 g/mol. The number of nitrogens with one attached hydrogen (secondary N) is 2. The number of hydrogen-bond donors (Lipinski definition) is 2. The molecular formula is C21H34N4O6. The summed E-state index contributed by atoms with van der Waals surface area (Å²) in [5.74, 6) is -0.0877. The Morgan fingerprint density at radius 3 is 2.52 bits per heavy atom. The molecule has 0 saturated carbocycles. The molecule has 1 saturated heterocycles. The largest absolute Gasteiger partial charge is 0.444 e. The highest BCUT2D eigenvalue weighted by Crippen LogP contribution is 2.38. The molecule has 0 aromatic carbocycles. The number of carbonyl (C=O) groups is 3. The molecule has 174 valence electrons. The molecule has 2 rings (SSSR count). The highest BCUT2D eigenvalue weighted by Gasteiger charge is 2.35. The van der Waals surface area contributed by atoms with Crippen molar-refractivity contribution in [3.63, 3.8) is 0 Å². The van der Waals surface area contributed by atoms with E-state index in [9.17, 15) is 14.4 Å². The normalized spacial score (nSPS) is 15.8. The average Bonchev–Trinajstić information content (AvgIpc) is 3.20. The van der Waals surface area contributed by atoms with Crippen LogP contribution in [-0.2, 0) is 16.1 Å². The van der Waals surface area contributed by atoms with Crippen LogP contribution in [0, 0.1) is 5.41 Å². The lowest BCUT2D eigenvalue weighted by Crippen LogP contribution is -2.46. The second-order valence-corrected chi connectivity index (χ2v) is 8.83. The van der Waals surface area contributed by atoms with Gasteiger partial charge >= 0.3 is 12.2 Å². The van der Waals surface area contributed by atoms with Crippen LogP contribution >= 0.6 is 0 Å². The highest BCUT2D eigenvalue weighted by atomic mass is 16.6. The van der Waals surface area contributed by atoms with Gasteiger partial charge in [0.05, 0.1) is 0 Å². The van der Waals surface area contributed by atoms with Gasteiger partial charge in [0.2, 0.25) is 0 Å². The Hall–Kier alpha value is -2.78. The lowest BCUT2D eigenvalue weighted by atomic mass is 9.73. The van der Waals surface area contributed by atoms with E-state index in [1.54, 1.807) is 4.90 Å². The SMILES string of the molecule is CCC1(CCNC(=O)OCc2cc(C(=O)NC)no2)CCN(C(=O)OC(C)(C)C)CC1. The fourth-order valence-corrected chi connectivity index (χ4v) is 3.50. The average molecular weight is 439 g/mol. The quantitative estimate of drug-likeness (QED) is 0.670.